The number of nitrogens with zero attached hydrogens (tertiary/aromatic N) is 1. The smallest absolute Gasteiger partial charge is 0.123 e. The van der Waals surface area contributed by atoms with Crippen LogP contribution in [-0.4, -0.2) is 38.7 Å². The van der Waals surface area contributed by atoms with E-state index in [1.54, 1.807) is 7.11 Å². The zero-order chi connectivity index (χ0) is 15.1. The summed E-state index contributed by atoms with van der Waals surface area (Å²) in [7, 11) is 5.95. The van der Waals surface area contributed by atoms with Crippen LogP contribution >= 0.6 is 0 Å². The Bertz CT molecular complexity index is 392. The fourth-order valence-electron chi connectivity index (χ4n) is 2.63. The zero-order valence-corrected chi connectivity index (χ0v) is 13.8. The van der Waals surface area contributed by atoms with Gasteiger partial charge in [-0.2, -0.15) is 0 Å². The predicted molar refractivity (Wildman–Crippen MR) is 86.3 cm³/mol. The van der Waals surface area contributed by atoms with Crippen molar-refractivity contribution in [3.63, 3.8) is 0 Å². The van der Waals surface area contributed by atoms with E-state index in [1.165, 1.54) is 12.0 Å². The summed E-state index contributed by atoms with van der Waals surface area (Å²) in [5, 5.41) is 3.41. The Morgan fingerprint density at radius 2 is 1.85 bits per heavy atom. The number of ether oxygens (including phenoxy) is 1. The first-order valence-corrected chi connectivity index (χ1v) is 7.50. The largest absolute Gasteiger partial charge is 0.496 e. The number of para-hydroxylation sites is 1. The van der Waals surface area contributed by atoms with Crippen LogP contribution in [0.1, 0.15) is 38.8 Å². The number of nitrogens with one attached hydrogen (secondary N) is 1. The van der Waals surface area contributed by atoms with Crippen molar-refractivity contribution in [2.75, 3.05) is 27.7 Å². The lowest BCUT2D eigenvalue weighted by Gasteiger charge is -2.30. The Morgan fingerprint density at radius 1 is 1.20 bits per heavy atom. The van der Waals surface area contributed by atoms with E-state index in [0.717, 1.165) is 18.2 Å². The van der Waals surface area contributed by atoms with Crippen LogP contribution in [0.2, 0.25) is 0 Å². The first-order chi connectivity index (χ1) is 9.49. The van der Waals surface area contributed by atoms with Gasteiger partial charge in [0.1, 0.15) is 5.75 Å². The molecule has 2 unspecified atom stereocenters. The van der Waals surface area contributed by atoms with Gasteiger partial charge in [-0.05, 0) is 39.4 Å². The van der Waals surface area contributed by atoms with Crippen LogP contribution in [0.5, 0.6) is 5.75 Å². The van der Waals surface area contributed by atoms with E-state index in [2.05, 4.69) is 50.2 Å². The van der Waals surface area contributed by atoms with Crippen LogP contribution in [0, 0.1) is 5.92 Å². The number of hydrogen-bond donors (Lipinski definition) is 1. The molecule has 0 saturated heterocycles. The number of benzene rings is 1. The Kier molecular flexibility index (Phi) is 7.03. The van der Waals surface area contributed by atoms with Crippen LogP contribution in [0.3, 0.4) is 0 Å². The molecular formula is C17H30N2O. The van der Waals surface area contributed by atoms with Gasteiger partial charge in [0.2, 0.25) is 0 Å². The molecule has 1 rings (SSSR count). The lowest BCUT2D eigenvalue weighted by atomic mass is 10.0. The van der Waals surface area contributed by atoms with E-state index in [4.69, 9.17) is 4.74 Å². The molecule has 0 saturated carbocycles. The maximum atomic E-state index is 5.48. The number of hydrogen-bond acceptors (Lipinski definition) is 3. The van der Waals surface area contributed by atoms with E-state index in [0.29, 0.717) is 6.04 Å². The molecule has 3 heteroatoms. The minimum atomic E-state index is 0.283. The molecule has 0 bridgehead atoms. The summed E-state index contributed by atoms with van der Waals surface area (Å²) in [6, 6.07) is 9.12. The number of methoxy groups -OCH3 is 1. The van der Waals surface area contributed by atoms with Gasteiger partial charge in [-0.1, -0.05) is 32.0 Å². The Morgan fingerprint density at radius 3 is 2.40 bits per heavy atom. The minimum absolute atomic E-state index is 0.283. The van der Waals surface area contributed by atoms with E-state index >= 15 is 0 Å². The molecular weight excluding hydrogens is 248 g/mol. The summed E-state index contributed by atoms with van der Waals surface area (Å²) in [6.45, 7) is 7.83. The quantitative estimate of drug-likeness (QED) is 0.789. The van der Waals surface area contributed by atoms with Crippen molar-refractivity contribution in [2.45, 2.75) is 39.3 Å². The van der Waals surface area contributed by atoms with Crippen LogP contribution in [-0.2, 0) is 0 Å². The van der Waals surface area contributed by atoms with Crippen molar-refractivity contribution >= 4 is 0 Å². The molecule has 0 aromatic heterocycles. The predicted octanol–water partition coefficient (Wildman–Crippen LogP) is 3.32. The molecule has 0 aliphatic carbocycles. The van der Waals surface area contributed by atoms with Crippen molar-refractivity contribution in [1.29, 1.82) is 0 Å². The SMILES string of the molecule is CNC(CN(C)C(C)CC(C)C)c1ccccc1OC. The van der Waals surface area contributed by atoms with Crippen molar-refractivity contribution in [2.24, 2.45) is 5.92 Å². The molecule has 3 nitrogen and oxygen atoms in total. The van der Waals surface area contributed by atoms with Crippen molar-refractivity contribution in [3.8, 4) is 5.75 Å². The molecule has 0 aliphatic rings. The fraction of sp³-hybridized carbons (Fsp3) is 0.647. The van der Waals surface area contributed by atoms with Gasteiger partial charge >= 0.3 is 0 Å². The average molecular weight is 278 g/mol. The van der Waals surface area contributed by atoms with Crippen LogP contribution < -0.4 is 10.1 Å². The topological polar surface area (TPSA) is 24.5 Å². The van der Waals surface area contributed by atoms with Gasteiger partial charge in [0.05, 0.1) is 7.11 Å². The highest BCUT2D eigenvalue weighted by Gasteiger charge is 2.19. The molecule has 114 valence electrons. The van der Waals surface area contributed by atoms with Gasteiger partial charge in [0.25, 0.3) is 0 Å². The monoisotopic (exact) mass is 278 g/mol. The average Bonchev–Trinajstić information content (AvgIpc) is 2.43. The summed E-state index contributed by atoms with van der Waals surface area (Å²) in [4.78, 5) is 2.42. The molecule has 0 heterocycles. The molecule has 1 aromatic carbocycles. The summed E-state index contributed by atoms with van der Waals surface area (Å²) in [5.41, 5.74) is 1.22. The second-order valence-electron chi connectivity index (χ2n) is 6.00. The molecule has 1 aromatic rings. The van der Waals surface area contributed by atoms with Gasteiger partial charge in [-0.15, -0.1) is 0 Å². The fourth-order valence-corrected chi connectivity index (χ4v) is 2.63. The van der Waals surface area contributed by atoms with E-state index in [1.807, 2.05) is 19.2 Å². The lowest BCUT2D eigenvalue weighted by Crippen LogP contribution is -2.37. The summed E-state index contributed by atoms with van der Waals surface area (Å²) >= 11 is 0. The Labute approximate surface area is 124 Å². The van der Waals surface area contributed by atoms with Crippen LogP contribution in [0.25, 0.3) is 0 Å². The third-order valence-corrected chi connectivity index (χ3v) is 3.90. The van der Waals surface area contributed by atoms with Gasteiger partial charge in [0, 0.05) is 24.2 Å². The van der Waals surface area contributed by atoms with Gasteiger partial charge < -0.3 is 15.0 Å². The van der Waals surface area contributed by atoms with Crippen molar-refractivity contribution < 1.29 is 4.74 Å². The lowest BCUT2D eigenvalue weighted by molar-refractivity contribution is 0.207. The molecule has 2 atom stereocenters. The van der Waals surface area contributed by atoms with Gasteiger partial charge in [-0.25, -0.2) is 0 Å². The standard InChI is InChI=1S/C17H30N2O/c1-13(2)11-14(3)19(5)12-16(18-4)15-9-7-8-10-17(15)20-6/h7-10,13-14,16,18H,11-12H2,1-6H3. The third kappa shape index (κ3) is 4.80. The van der Waals surface area contributed by atoms with Crippen molar-refractivity contribution in [1.82, 2.24) is 10.2 Å². The highest BCUT2D eigenvalue weighted by Crippen LogP contribution is 2.25. The minimum Gasteiger partial charge on any atom is -0.496 e. The zero-order valence-electron chi connectivity index (χ0n) is 13.8. The summed E-state index contributed by atoms with van der Waals surface area (Å²) in [5.74, 6) is 1.68. The maximum absolute atomic E-state index is 5.48. The molecule has 1 N–H and O–H groups in total. The van der Waals surface area contributed by atoms with E-state index in [9.17, 15) is 0 Å². The van der Waals surface area contributed by atoms with Gasteiger partial charge in [-0.3, -0.25) is 0 Å². The number of likely N-dealkylation sites (N-methyl/N-ethyl adjacent to an activating group) is 2. The number of rotatable bonds is 8. The summed E-state index contributed by atoms with van der Waals surface area (Å²) < 4.78 is 5.48. The van der Waals surface area contributed by atoms with Crippen LogP contribution in [0.15, 0.2) is 24.3 Å². The molecule has 0 radical (unpaired) electrons. The second-order valence-corrected chi connectivity index (χ2v) is 6.00. The van der Waals surface area contributed by atoms with Crippen molar-refractivity contribution in [3.05, 3.63) is 29.8 Å². The second kappa shape index (κ2) is 8.28. The normalized spacial score (nSPS) is 14.6. The molecule has 0 amide bonds. The van der Waals surface area contributed by atoms with Crippen LogP contribution in [0.4, 0.5) is 0 Å². The molecule has 20 heavy (non-hydrogen) atoms. The van der Waals surface area contributed by atoms with E-state index in [-0.39, 0.29) is 6.04 Å². The first-order valence-electron chi connectivity index (χ1n) is 7.50. The molecule has 0 fully saturated rings. The Balaban J connectivity index is 2.76. The Hall–Kier alpha value is -1.06. The highest BCUT2D eigenvalue weighted by atomic mass is 16.5. The molecule has 0 spiro atoms. The van der Waals surface area contributed by atoms with E-state index < -0.39 is 0 Å². The maximum Gasteiger partial charge on any atom is 0.123 e. The van der Waals surface area contributed by atoms with Gasteiger partial charge in [0.15, 0.2) is 0 Å². The third-order valence-electron chi connectivity index (χ3n) is 3.90. The highest BCUT2D eigenvalue weighted by molar-refractivity contribution is 5.36. The molecule has 0 aliphatic heterocycles. The first kappa shape index (κ1) is 17.0. The summed E-state index contributed by atoms with van der Waals surface area (Å²) in [6.07, 6.45) is 1.22.